The minimum Gasteiger partial charge on any atom is -0.378 e. The lowest BCUT2D eigenvalue weighted by atomic mass is 10.1. The molecule has 1 atom stereocenters. The molecule has 140 valence electrons. The Morgan fingerprint density at radius 2 is 2.15 bits per heavy atom. The van der Waals surface area contributed by atoms with Crippen LogP contribution in [-0.4, -0.2) is 51.9 Å². The SMILES string of the molecule is CCCn1ncnc1-c1ccc(C(=O)N(C)CCCC2CCCO2)cc1. The van der Waals surface area contributed by atoms with Gasteiger partial charge in [0.15, 0.2) is 5.82 Å². The first-order valence-electron chi connectivity index (χ1n) is 9.54. The summed E-state index contributed by atoms with van der Waals surface area (Å²) >= 11 is 0. The van der Waals surface area contributed by atoms with Gasteiger partial charge in [-0.3, -0.25) is 4.79 Å². The van der Waals surface area contributed by atoms with E-state index < -0.39 is 0 Å². The Hall–Kier alpha value is -2.21. The van der Waals surface area contributed by atoms with Crippen LogP contribution < -0.4 is 0 Å². The van der Waals surface area contributed by atoms with Gasteiger partial charge in [0.25, 0.3) is 5.91 Å². The molecule has 0 bridgehead atoms. The topological polar surface area (TPSA) is 60.2 Å². The summed E-state index contributed by atoms with van der Waals surface area (Å²) in [5.74, 6) is 0.898. The number of carbonyl (C=O) groups excluding carboxylic acids is 1. The molecule has 1 aliphatic rings. The molecule has 1 fully saturated rings. The molecule has 0 saturated carbocycles. The number of benzene rings is 1. The predicted octanol–water partition coefficient (Wildman–Crippen LogP) is 3.39. The predicted molar refractivity (Wildman–Crippen MR) is 101 cm³/mol. The largest absolute Gasteiger partial charge is 0.378 e. The summed E-state index contributed by atoms with van der Waals surface area (Å²) < 4.78 is 7.54. The van der Waals surface area contributed by atoms with Gasteiger partial charge < -0.3 is 9.64 Å². The Morgan fingerprint density at radius 1 is 1.35 bits per heavy atom. The molecular formula is C20H28N4O2. The molecular weight excluding hydrogens is 328 g/mol. The maximum absolute atomic E-state index is 12.6. The van der Waals surface area contributed by atoms with E-state index in [4.69, 9.17) is 4.74 Å². The van der Waals surface area contributed by atoms with E-state index in [-0.39, 0.29) is 5.91 Å². The Morgan fingerprint density at radius 3 is 2.85 bits per heavy atom. The van der Waals surface area contributed by atoms with Crippen LogP contribution in [0, 0.1) is 0 Å². The molecule has 1 aromatic carbocycles. The van der Waals surface area contributed by atoms with Gasteiger partial charge in [0.1, 0.15) is 6.33 Å². The quantitative estimate of drug-likeness (QED) is 0.727. The molecule has 1 unspecified atom stereocenters. The number of carbonyl (C=O) groups is 1. The van der Waals surface area contributed by atoms with E-state index in [1.54, 1.807) is 11.2 Å². The first-order chi connectivity index (χ1) is 12.7. The Labute approximate surface area is 155 Å². The average Bonchev–Trinajstić information content (AvgIpc) is 3.33. The highest BCUT2D eigenvalue weighted by molar-refractivity contribution is 5.94. The number of nitrogens with zero attached hydrogens (tertiary/aromatic N) is 4. The molecule has 1 amide bonds. The van der Waals surface area contributed by atoms with Crippen LogP contribution in [0.2, 0.25) is 0 Å². The molecule has 1 aromatic heterocycles. The smallest absolute Gasteiger partial charge is 0.253 e. The third-order valence-corrected chi connectivity index (χ3v) is 4.83. The van der Waals surface area contributed by atoms with Gasteiger partial charge in [-0.05, 0) is 44.2 Å². The summed E-state index contributed by atoms with van der Waals surface area (Å²) in [5, 5.41) is 4.25. The lowest BCUT2D eigenvalue weighted by molar-refractivity contribution is 0.0763. The Kier molecular flexibility index (Phi) is 6.39. The average molecular weight is 356 g/mol. The maximum Gasteiger partial charge on any atom is 0.253 e. The van der Waals surface area contributed by atoms with Crippen molar-refractivity contribution in [2.45, 2.75) is 51.7 Å². The van der Waals surface area contributed by atoms with E-state index in [0.29, 0.717) is 11.7 Å². The highest BCUT2D eigenvalue weighted by atomic mass is 16.5. The molecule has 3 rings (SSSR count). The van der Waals surface area contributed by atoms with Crippen molar-refractivity contribution in [1.82, 2.24) is 19.7 Å². The van der Waals surface area contributed by atoms with Gasteiger partial charge in [-0.25, -0.2) is 9.67 Å². The third kappa shape index (κ3) is 4.49. The lowest BCUT2D eigenvalue weighted by Crippen LogP contribution is -2.28. The summed E-state index contributed by atoms with van der Waals surface area (Å²) in [6.07, 6.45) is 7.29. The molecule has 0 radical (unpaired) electrons. The second-order valence-electron chi connectivity index (χ2n) is 6.89. The third-order valence-electron chi connectivity index (χ3n) is 4.83. The fourth-order valence-corrected chi connectivity index (χ4v) is 3.38. The van der Waals surface area contributed by atoms with Crippen LogP contribution in [0.1, 0.15) is 49.4 Å². The van der Waals surface area contributed by atoms with Crippen LogP contribution in [0.4, 0.5) is 0 Å². The van der Waals surface area contributed by atoms with Crippen LogP contribution in [0.15, 0.2) is 30.6 Å². The summed E-state index contributed by atoms with van der Waals surface area (Å²) in [6, 6.07) is 7.64. The van der Waals surface area contributed by atoms with E-state index in [1.807, 2.05) is 36.0 Å². The number of rotatable bonds is 8. The molecule has 0 spiro atoms. The first kappa shape index (κ1) is 18.6. The number of amides is 1. The number of hydrogen-bond donors (Lipinski definition) is 0. The van der Waals surface area contributed by atoms with Crippen molar-refractivity contribution in [2.75, 3.05) is 20.2 Å². The molecule has 1 saturated heterocycles. The molecule has 0 N–H and O–H groups in total. The standard InChI is InChI=1S/C20H28N4O2/c1-3-12-24-19(21-15-22-24)16-8-10-17(11-9-16)20(25)23(2)13-4-6-18-7-5-14-26-18/h8-11,15,18H,3-7,12-14H2,1-2H3. The van der Waals surface area contributed by atoms with Crippen molar-refractivity contribution >= 4 is 5.91 Å². The first-order valence-corrected chi connectivity index (χ1v) is 9.54. The van der Waals surface area contributed by atoms with Crippen LogP contribution >= 0.6 is 0 Å². The molecule has 6 heteroatoms. The van der Waals surface area contributed by atoms with Gasteiger partial charge in [-0.15, -0.1) is 0 Å². The minimum absolute atomic E-state index is 0.0546. The molecule has 6 nitrogen and oxygen atoms in total. The Balaban J connectivity index is 1.56. The summed E-state index contributed by atoms with van der Waals surface area (Å²) in [5.41, 5.74) is 1.68. The van der Waals surface area contributed by atoms with Crippen molar-refractivity contribution in [3.8, 4) is 11.4 Å². The van der Waals surface area contributed by atoms with Crippen molar-refractivity contribution in [3.05, 3.63) is 36.2 Å². The fourth-order valence-electron chi connectivity index (χ4n) is 3.38. The van der Waals surface area contributed by atoms with Gasteiger partial charge in [0.05, 0.1) is 6.10 Å². The number of ether oxygens (including phenoxy) is 1. The van der Waals surface area contributed by atoms with Crippen LogP contribution in [0.5, 0.6) is 0 Å². The van der Waals surface area contributed by atoms with Gasteiger partial charge in [-0.2, -0.15) is 5.10 Å². The zero-order valence-electron chi connectivity index (χ0n) is 15.7. The van der Waals surface area contributed by atoms with Gasteiger partial charge in [0.2, 0.25) is 0 Å². The van der Waals surface area contributed by atoms with Crippen LogP contribution in [0.3, 0.4) is 0 Å². The molecule has 2 aromatic rings. The second kappa shape index (κ2) is 8.94. The van der Waals surface area contributed by atoms with E-state index in [0.717, 1.165) is 63.2 Å². The summed E-state index contributed by atoms with van der Waals surface area (Å²) in [7, 11) is 1.86. The van der Waals surface area contributed by atoms with Crippen molar-refractivity contribution in [3.63, 3.8) is 0 Å². The molecule has 2 heterocycles. The van der Waals surface area contributed by atoms with Gasteiger partial charge in [-0.1, -0.05) is 19.1 Å². The van der Waals surface area contributed by atoms with Gasteiger partial charge >= 0.3 is 0 Å². The normalized spacial score (nSPS) is 16.8. The van der Waals surface area contributed by atoms with Crippen LogP contribution in [0.25, 0.3) is 11.4 Å². The number of hydrogen-bond acceptors (Lipinski definition) is 4. The zero-order chi connectivity index (χ0) is 18.4. The van der Waals surface area contributed by atoms with E-state index in [1.165, 1.54) is 0 Å². The second-order valence-corrected chi connectivity index (χ2v) is 6.89. The van der Waals surface area contributed by atoms with Crippen LogP contribution in [-0.2, 0) is 11.3 Å². The monoisotopic (exact) mass is 356 g/mol. The lowest BCUT2D eigenvalue weighted by Gasteiger charge is -2.18. The van der Waals surface area contributed by atoms with E-state index in [9.17, 15) is 4.79 Å². The maximum atomic E-state index is 12.6. The summed E-state index contributed by atoms with van der Waals surface area (Å²) in [4.78, 5) is 18.7. The fraction of sp³-hybridized carbons (Fsp3) is 0.550. The van der Waals surface area contributed by atoms with Crippen molar-refractivity contribution < 1.29 is 9.53 Å². The van der Waals surface area contributed by atoms with Gasteiger partial charge in [0, 0.05) is 37.9 Å². The van der Waals surface area contributed by atoms with Crippen molar-refractivity contribution in [1.29, 1.82) is 0 Å². The zero-order valence-corrected chi connectivity index (χ0v) is 15.7. The molecule has 1 aliphatic heterocycles. The number of aromatic nitrogens is 3. The highest BCUT2D eigenvalue weighted by Gasteiger charge is 2.17. The van der Waals surface area contributed by atoms with E-state index >= 15 is 0 Å². The highest BCUT2D eigenvalue weighted by Crippen LogP contribution is 2.19. The van der Waals surface area contributed by atoms with E-state index in [2.05, 4.69) is 17.0 Å². The number of aryl methyl sites for hydroxylation is 1. The Bertz CT molecular complexity index is 705. The molecule has 26 heavy (non-hydrogen) atoms. The molecule has 0 aliphatic carbocycles. The van der Waals surface area contributed by atoms with Crippen molar-refractivity contribution in [2.24, 2.45) is 0 Å². The minimum atomic E-state index is 0.0546. The summed E-state index contributed by atoms with van der Waals surface area (Å²) in [6.45, 7) is 4.59.